The van der Waals surface area contributed by atoms with Crippen LogP contribution in [0.5, 0.6) is 0 Å². The van der Waals surface area contributed by atoms with Gasteiger partial charge < -0.3 is 16.0 Å². The van der Waals surface area contributed by atoms with E-state index in [0.29, 0.717) is 31.5 Å². The summed E-state index contributed by atoms with van der Waals surface area (Å²) in [5.74, 6) is -0.479. The number of nitrogens with one attached hydrogen (secondary N) is 3. The summed E-state index contributed by atoms with van der Waals surface area (Å²) in [5, 5.41) is 8.28. The predicted octanol–water partition coefficient (Wildman–Crippen LogP) is 1.53. The molecular formula is C18H23N3O3. The highest BCUT2D eigenvalue weighted by Gasteiger charge is 2.21. The van der Waals surface area contributed by atoms with Crippen LogP contribution in [0.2, 0.25) is 0 Å². The zero-order chi connectivity index (χ0) is 17.4. The fourth-order valence-electron chi connectivity index (χ4n) is 2.55. The van der Waals surface area contributed by atoms with E-state index in [1.807, 2.05) is 12.1 Å². The first kappa shape index (κ1) is 17.7. The molecule has 0 bridgehead atoms. The van der Waals surface area contributed by atoms with Crippen LogP contribution in [0.25, 0.3) is 0 Å². The van der Waals surface area contributed by atoms with Crippen LogP contribution in [-0.4, -0.2) is 30.3 Å². The summed E-state index contributed by atoms with van der Waals surface area (Å²) in [7, 11) is 0. The van der Waals surface area contributed by atoms with Gasteiger partial charge in [-0.1, -0.05) is 18.7 Å². The molecule has 1 aliphatic heterocycles. The molecule has 128 valence electrons. The van der Waals surface area contributed by atoms with Crippen LogP contribution < -0.4 is 16.0 Å². The highest BCUT2D eigenvalue weighted by Crippen LogP contribution is 2.12. The number of hydrogen-bond acceptors (Lipinski definition) is 3. The third-order valence-electron chi connectivity index (χ3n) is 3.92. The largest absolute Gasteiger partial charge is 0.354 e. The smallest absolute Gasteiger partial charge is 0.247 e. The summed E-state index contributed by atoms with van der Waals surface area (Å²) in [5.41, 5.74) is 1.68. The molecule has 0 aromatic heterocycles. The van der Waals surface area contributed by atoms with Gasteiger partial charge in [-0.2, -0.15) is 0 Å². The van der Waals surface area contributed by atoms with Gasteiger partial charge in [0.05, 0.1) is 0 Å². The van der Waals surface area contributed by atoms with E-state index in [-0.39, 0.29) is 17.7 Å². The van der Waals surface area contributed by atoms with Crippen molar-refractivity contribution in [3.8, 4) is 0 Å². The number of hydrogen-bond donors (Lipinski definition) is 3. The highest BCUT2D eigenvalue weighted by molar-refractivity contribution is 5.98. The minimum absolute atomic E-state index is 0.0943. The van der Waals surface area contributed by atoms with Gasteiger partial charge in [-0.15, -0.1) is 0 Å². The molecule has 24 heavy (non-hydrogen) atoms. The number of aryl methyl sites for hydroxylation is 1. The standard InChI is InChI=1S/C18H23N3O3/c1-2-16(22)20-14-9-6-13(7-10-14)8-11-17(23)21-15-5-3-4-12-19-18(15)24/h2,6-7,9-10,15H,1,3-5,8,11-12H2,(H,19,24)(H,20,22)(H,21,23)/t15-/m0/s1. The lowest BCUT2D eigenvalue weighted by Gasteiger charge is -2.15. The van der Waals surface area contributed by atoms with Crippen molar-refractivity contribution >= 4 is 23.4 Å². The quantitative estimate of drug-likeness (QED) is 0.692. The maximum atomic E-state index is 12.0. The van der Waals surface area contributed by atoms with Crippen molar-refractivity contribution < 1.29 is 14.4 Å². The molecule has 6 heteroatoms. The Balaban J connectivity index is 1.79. The van der Waals surface area contributed by atoms with E-state index in [1.165, 1.54) is 6.08 Å². The lowest BCUT2D eigenvalue weighted by atomic mass is 10.1. The molecule has 1 saturated heterocycles. The fraction of sp³-hybridized carbons (Fsp3) is 0.389. The van der Waals surface area contributed by atoms with Crippen molar-refractivity contribution in [2.45, 2.75) is 38.1 Å². The van der Waals surface area contributed by atoms with Gasteiger partial charge in [-0.05, 0) is 49.5 Å². The average Bonchev–Trinajstić information content (AvgIpc) is 2.79. The monoisotopic (exact) mass is 329 g/mol. The van der Waals surface area contributed by atoms with E-state index in [4.69, 9.17) is 0 Å². The number of benzene rings is 1. The minimum Gasteiger partial charge on any atom is -0.354 e. The van der Waals surface area contributed by atoms with Gasteiger partial charge >= 0.3 is 0 Å². The van der Waals surface area contributed by atoms with Gasteiger partial charge in [0.25, 0.3) is 0 Å². The fourth-order valence-corrected chi connectivity index (χ4v) is 2.55. The van der Waals surface area contributed by atoms with Crippen LogP contribution in [0.4, 0.5) is 5.69 Å². The Morgan fingerprint density at radius 2 is 2.00 bits per heavy atom. The molecule has 2 rings (SSSR count). The highest BCUT2D eigenvalue weighted by atomic mass is 16.2. The second-order valence-corrected chi connectivity index (χ2v) is 5.80. The molecular weight excluding hydrogens is 306 g/mol. The number of amides is 3. The molecule has 0 saturated carbocycles. The second-order valence-electron chi connectivity index (χ2n) is 5.80. The first-order valence-electron chi connectivity index (χ1n) is 8.18. The first-order chi connectivity index (χ1) is 11.6. The molecule has 0 spiro atoms. The lowest BCUT2D eigenvalue weighted by molar-refractivity contribution is -0.128. The van der Waals surface area contributed by atoms with Gasteiger partial charge in [-0.25, -0.2) is 0 Å². The van der Waals surface area contributed by atoms with Gasteiger partial charge in [0, 0.05) is 18.7 Å². The molecule has 6 nitrogen and oxygen atoms in total. The molecule has 3 N–H and O–H groups in total. The molecule has 1 fully saturated rings. The van der Waals surface area contributed by atoms with Crippen molar-refractivity contribution in [2.24, 2.45) is 0 Å². The van der Waals surface area contributed by atoms with Gasteiger partial charge in [0.15, 0.2) is 0 Å². The Bertz CT molecular complexity index is 610. The van der Waals surface area contributed by atoms with Crippen LogP contribution >= 0.6 is 0 Å². The van der Waals surface area contributed by atoms with Crippen molar-refractivity contribution in [3.05, 3.63) is 42.5 Å². The van der Waals surface area contributed by atoms with Crippen LogP contribution in [0.3, 0.4) is 0 Å². The Morgan fingerprint density at radius 1 is 1.25 bits per heavy atom. The van der Waals surface area contributed by atoms with Crippen LogP contribution in [-0.2, 0) is 20.8 Å². The summed E-state index contributed by atoms with van der Waals surface area (Å²) in [4.78, 5) is 35.0. The third kappa shape index (κ3) is 5.53. The number of carbonyl (C=O) groups excluding carboxylic acids is 3. The lowest BCUT2D eigenvalue weighted by Crippen LogP contribution is -2.45. The number of rotatable bonds is 6. The van der Waals surface area contributed by atoms with E-state index in [9.17, 15) is 14.4 Å². The molecule has 1 aliphatic rings. The number of anilines is 1. The van der Waals surface area contributed by atoms with E-state index in [0.717, 1.165) is 18.4 Å². The molecule has 0 unspecified atom stereocenters. The van der Waals surface area contributed by atoms with Gasteiger partial charge in [-0.3, -0.25) is 14.4 Å². The summed E-state index contributed by atoms with van der Waals surface area (Å²) < 4.78 is 0. The van der Waals surface area contributed by atoms with Crippen molar-refractivity contribution in [1.29, 1.82) is 0 Å². The zero-order valence-electron chi connectivity index (χ0n) is 13.6. The van der Waals surface area contributed by atoms with E-state index in [2.05, 4.69) is 22.5 Å². The molecule has 1 aromatic rings. The Morgan fingerprint density at radius 3 is 2.71 bits per heavy atom. The molecule has 1 heterocycles. The summed E-state index contributed by atoms with van der Waals surface area (Å²) in [6.45, 7) is 4.08. The van der Waals surface area contributed by atoms with E-state index < -0.39 is 6.04 Å². The Kier molecular flexibility index (Phi) is 6.54. The van der Waals surface area contributed by atoms with Gasteiger partial charge in [0.2, 0.25) is 17.7 Å². The SMILES string of the molecule is C=CC(=O)Nc1ccc(CCC(=O)N[C@H]2CCCCNC2=O)cc1. The van der Waals surface area contributed by atoms with E-state index in [1.54, 1.807) is 12.1 Å². The molecule has 0 aliphatic carbocycles. The molecule has 3 amide bonds. The Hall–Kier alpha value is -2.63. The summed E-state index contributed by atoms with van der Waals surface area (Å²) in [6.07, 6.45) is 4.68. The van der Waals surface area contributed by atoms with Crippen LogP contribution in [0, 0.1) is 0 Å². The molecule has 1 atom stereocenters. The third-order valence-corrected chi connectivity index (χ3v) is 3.92. The van der Waals surface area contributed by atoms with Crippen molar-refractivity contribution in [2.75, 3.05) is 11.9 Å². The average molecular weight is 329 g/mol. The maximum Gasteiger partial charge on any atom is 0.247 e. The number of carbonyl (C=O) groups is 3. The second kappa shape index (κ2) is 8.86. The minimum atomic E-state index is -0.420. The maximum absolute atomic E-state index is 12.0. The normalized spacial score (nSPS) is 17.3. The van der Waals surface area contributed by atoms with Crippen molar-refractivity contribution in [3.63, 3.8) is 0 Å². The van der Waals surface area contributed by atoms with Crippen LogP contribution in [0.15, 0.2) is 36.9 Å². The van der Waals surface area contributed by atoms with E-state index >= 15 is 0 Å². The van der Waals surface area contributed by atoms with Crippen molar-refractivity contribution in [1.82, 2.24) is 10.6 Å². The Labute approximate surface area is 141 Å². The topological polar surface area (TPSA) is 87.3 Å². The molecule has 0 radical (unpaired) electrons. The predicted molar refractivity (Wildman–Crippen MR) is 92.4 cm³/mol. The summed E-state index contributed by atoms with van der Waals surface area (Å²) in [6, 6.07) is 6.88. The van der Waals surface area contributed by atoms with Gasteiger partial charge in [0.1, 0.15) is 6.04 Å². The first-order valence-corrected chi connectivity index (χ1v) is 8.18. The zero-order valence-corrected chi connectivity index (χ0v) is 13.6. The molecule has 1 aromatic carbocycles. The summed E-state index contributed by atoms with van der Waals surface area (Å²) >= 11 is 0. The van der Waals surface area contributed by atoms with Crippen LogP contribution in [0.1, 0.15) is 31.2 Å².